The zero-order valence-electron chi connectivity index (χ0n) is 14.0. The van der Waals surface area contributed by atoms with Crippen molar-refractivity contribution in [2.24, 2.45) is 5.92 Å². The maximum atomic E-state index is 12.5. The third-order valence-electron chi connectivity index (χ3n) is 5.22. The number of H-pyrrole nitrogens is 1. The number of nitrogens with zero attached hydrogens (tertiary/aromatic N) is 2. The van der Waals surface area contributed by atoms with Crippen molar-refractivity contribution >= 4 is 5.91 Å². The fourth-order valence-corrected chi connectivity index (χ4v) is 3.90. The van der Waals surface area contributed by atoms with Crippen LogP contribution in [0.15, 0.2) is 23.1 Å². The molecule has 2 aliphatic rings. The van der Waals surface area contributed by atoms with Crippen molar-refractivity contribution in [1.29, 1.82) is 0 Å². The summed E-state index contributed by atoms with van der Waals surface area (Å²) in [5.41, 5.74) is 1.06. The van der Waals surface area contributed by atoms with Crippen molar-refractivity contribution in [2.45, 2.75) is 38.5 Å². The van der Waals surface area contributed by atoms with Gasteiger partial charge in [0.05, 0.1) is 6.54 Å². The first-order valence-corrected chi connectivity index (χ1v) is 8.80. The third-order valence-corrected chi connectivity index (χ3v) is 5.22. The predicted octanol–water partition coefficient (Wildman–Crippen LogP) is 1.81. The number of hydrogen-bond acceptors (Lipinski definition) is 3. The minimum atomic E-state index is -0.0415. The molecule has 2 saturated heterocycles. The molecule has 1 atom stereocenters. The standard InChI is InChI=1S/C18H27N3O2/c1-14-3-2-8-20(12-14)13-18(23)21-9-5-15(6-10-21)16-4-7-19-17(22)11-16/h4,7,11,14-15H,2-3,5-6,8-10,12-13H2,1H3,(H,19,22). The molecular weight excluding hydrogens is 290 g/mol. The van der Waals surface area contributed by atoms with Gasteiger partial charge >= 0.3 is 0 Å². The van der Waals surface area contributed by atoms with Gasteiger partial charge in [-0.15, -0.1) is 0 Å². The number of rotatable bonds is 3. The van der Waals surface area contributed by atoms with Crippen molar-refractivity contribution in [1.82, 2.24) is 14.8 Å². The molecule has 1 amide bonds. The lowest BCUT2D eigenvalue weighted by Crippen LogP contribution is -2.46. The Bertz CT molecular complexity index is 590. The molecule has 5 heteroatoms. The fourth-order valence-electron chi connectivity index (χ4n) is 3.90. The second-order valence-corrected chi connectivity index (χ2v) is 7.12. The molecule has 0 radical (unpaired) electrons. The molecule has 1 aromatic rings. The molecule has 5 nitrogen and oxygen atoms in total. The van der Waals surface area contributed by atoms with Gasteiger partial charge in [-0.1, -0.05) is 6.92 Å². The first-order valence-electron chi connectivity index (χ1n) is 8.80. The van der Waals surface area contributed by atoms with Crippen LogP contribution in [0.2, 0.25) is 0 Å². The summed E-state index contributed by atoms with van der Waals surface area (Å²) in [5, 5.41) is 0. The largest absolute Gasteiger partial charge is 0.342 e. The summed E-state index contributed by atoms with van der Waals surface area (Å²) in [6, 6.07) is 3.68. The molecule has 2 fully saturated rings. The van der Waals surface area contributed by atoms with Crippen molar-refractivity contribution in [3.05, 3.63) is 34.2 Å². The number of hydrogen-bond donors (Lipinski definition) is 1. The van der Waals surface area contributed by atoms with Crippen LogP contribution in [0.3, 0.4) is 0 Å². The molecule has 1 aromatic heterocycles. The Kier molecular flexibility index (Phi) is 5.16. The zero-order chi connectivity index (χ0) is 16.2. The van der Waals surface area contributed by atoms with Crippen LogP contribution in [0.1, 0.15) is 44.1 Å². The smallest absolute Gasteiger partial charge is 0.248 e. The second-order valence-electron chi connectivity index (χ2n) is 7.12. The van der Waals surface area contributed by atoms with Crippen LogP contribution in [-0.4, -0.2) is 53.4 Å². The van der Waals surface area contributed by atoms with Crippen LogP contribution in [0.5, 0.6) is 0 Å². The van der Waals surface area contributed by atoms with E-state index in [1.54, 1.807) is 12.3 Å². The lowest BCUT2D eigenvalue weighted by molar-refractivity contribution is -0.133. The molecule has 23 heavy (non-hydrogen) atoms. The monoisotopic (exact) mass is 317 g/mol. The lowest BCUT2D eigenvalue weighted by atomic mass is 9.90. The first-order chi connectivity index (χ1) is 11.1. The number of carbonyl (C=O) groups excluding carboxylic acids is 1. The van der Waals surface area contributed by atoms with E-state index >= 15 is 0 Å². The highest BCUT2D eigenvalue weighted by Crippen LogP contribution is 2.27. The molecule has 0 saturated carbocycles. The normalized spacial score (nSPS) is 23.9. The van der Waals surface area contributed by atoms with Crippen molar-refractivity contribution in [3.63, 3.8) is 0 Å². The van der Waals surface area contributed by atoms with Crippen LogP contribution < -0.4 is 5.56 Å². The van der Waals surface area contributed by atoms with Gasteiger partial charge in [-0.25, -0.2) is 0 Å². The van der Waals surface area contributed by atoms with Crippen molar-refractivity contribution in [2.75, 3.05) is 32.7 Å². The molecule has 0 bridgehead atoms. The number of aromatic amines is 1. The molecular formula is C18H27N3O2. The Morgan fingerprint density at radius 3 is 2.74 bits per heavy atom. The van der Waals surface area contributed by atoms with Gasteiger partial charge in [0.25, 0.3) is 0 Å². The average Bonchev–Trinajstić information content (AvgIpc) is 2.55. The summed E-state index contributed by atoms with van der Waals surface area (Å²) in [5.74, 6) is 1.37. The highest BCUT2D eigenvalue weighted by molar-refractivity contribution is 5.78. The van der Waals surface area contributed by atoms with E-state index in [2.05, 4.69) is 16.8 Å². The van der Waals surface area contributed by atoms with E-state index in [1.165, 1.54) is 12.8 Å². The number of carbonyl (C=O) groups is 1. The van der Waals surface area contributed by atoms with Crippen LogP contribution in [-0.2, 0) is 4.79 Å². The minimum absolute atomic E-state index is 0.0415. The third kappa shape index (κ3) is 4.22. The molecule has 0 spiro atoms. The number of likely N-dealkylation sites (tertiary alicyclic amines) is 2. The highest BCUT2D eigenvalue weighted by Gasteiger charge is 2.26. The van der Waals surface area contributed by atoms with E-state index in [-0.39, 0.29) is 11.5 Å². The Morgan fingerprint density at radius 2 is 2.04 bits per heavy atom. The van der Waals surface area contributed by atoms with Crippen LogP contribution in [0.25, 0.3) is 0 Å². The molecule has 0 aliphatic carbocycles. The summed E-state index contributed by atoms with van der Waals surface area (Å²) in [6.07, 6.45) is 6.11. The van der Waals surface area contributed by atoms with Crippen LogP contribution in [0, 0.1) is 5.92 Å². The molecule has 1 N–H and O–H groups in total. The predicted molar refractivity (Wildman–Crippen MR) is 90.5 cm³/mol. The van der Waals surface area contributed by atoms with E-state index in [1.807, 2.05) is 11.0 Å². The number of pyridine rings is 1. The van der Waals surface area contributed by atoms with Crippen LogP contribution >= 0.6 is 0 Å². The van der Waals surface area contributed by atoms with Gasteiger partial charge in [-0.3, -0.25) is 14.5 Å². The average molecular weight is 317 g/mol. The second kappa shape index (κ2) is 7.30. The number of nitrogens with one attached hydrogen (secondary N) is 1. The van der Waals surface area contributed by atoms with E-state index in [9.17, 15) is 9.59 Å². The van der Waals surface area contributed by atoms with Gasteiger partial charge in [-0.2, -0.15) is 0 Å². The molecule has 2 aliphatic heterocycles. The summed E-state index contributed by atoms with van der Waals surface area (Å²) < 4.78 is 0. The molecule has 0 aromatic carbocycles. The highest BCUT2D eigenvalue weighted by atomic mass is 16.2. The van der Waals surface area contributed by atoms with Crippen LogP contribution in [0.4, 0.5) is 0 Å². The van der Waals surface area contributed by atoms with Crippen molar-refractivity contribution < 1.29 is 4.79 Å². The maximum absolute atomic E-state index is 12.5. The summed E-state index contributed by atoms with van der Waals surface area (Å²) in [6.45, 7) is 6.55. The first kappa shape index (κ1) is 16.2. The number of aromatic nitrogens is 1. The quantitative estimate of drug-likeness (QED) is 0.925. The summed E-state index contributed by atoms with van der Waals surface area (Å²) in [7, 11) is 0. The Morgan fingerprint density at radius 1 is 1.26 bits per heavy atom. The Balaban J connectivity index is 1.50. The lowest BCUT2D eigenvalue weighted by Gasteiger charge is -2.35. The molecule has 126 valence electrons. The van der Waals surface area contributed by atoms with Gasteiger partial charge in [0, 0.05) is 31.9 Å². The molecule has 3 heterocycles. The van der Waals surface area contributed by atoms with Gasteiger partial charge in [0.2, 0.25) is 11.5 Å². The maximum Gasteiger partial charge on any atom is 0.248 e. The number of amides is 1. The van der Waals surface area contributed by atoms with E-state index in [4.69, 9.17) is 0 Å². The fraction of sp³-hybridized carbons (Fsp3) is 0.667. The Hall–Kier alpha value is -1.62. The number of piperidine rings is 2. The Labute approximate surface area is 137 Å². The SMILES string of the molecule is CC1CCCN(CC(=O)N2CCC(c3cc[nH]c(=O)c3)CC2)C1. The van der Waals surface area contributed by atoms with E-state index in [0.29, 0.717) is 18.4 Å². The van der Waals surface area contributed by atoms with Crippen molar-refractivity contribution in [3.8, 4) is 0 Å². The van der Waals surface area contributed by atoms with E-state index in [0.717, 1.165) is 44.6 Å². The molecule has 3 rings (SSSR count). The van der Waals surface area contributed by atoms with E-state index < -0.39 is 0 Å². The van der Waals surface area contributed by atoms with Gasteiger partial charge in [0.15, 0.2) is 0 Å². The topological polar surface area (TPSA) is 56.4 Å². The zero-order valence-corrected chi connectivity index (χ0v) is 14.0. The van der Waals surface area contributed by atoms with Gasteiger partial charge in [0.1, 0.15) is 0 Å². The summed E-state index contributed by atoms with van der Waals surface area (Å²) in [4.78, 5) is 30.9. The summed E-state index contributed by atoms with van der Waals surface area (Å²) >= 11 is 0. The minimum Gasteiger partial charge on any atom is -0.342 e. The van der Waals surface area contributed by atoms with Gasteiger partial charge in [-0.05, 0) is 55.7 Å². The van der Waals surface area contributed by atoms with Gasteiger partial charge < -0.3 is 9.88 Å². The molecule has 1 unspecified atom stereocenters.